The summed E-state index contributed by atoms with van der Waals surface area (Å²) < 4.78 is 2.44. The predicted molar refractivity (Wildman–Crippen MR) is 268 cm³/mol. The molecule has 0 fully saturated rings. The number of hydrogen-bond acceptors (Lipinski definition) is 3. The Morgan fingerprint density at radius 3 is 1.23 bits per heavy atom. The van der Waals surface area contributed by atoms with E-state index in [0.717, 1.165) is 22.4 Å². The van der Waals surface area contributed by atoms with Gasteiger partial charge in [0.15, 0.2) is 17.5 Å². The van der Waals surface area contributed by atoms with Crippen molar-refractivity contribution in [2.24, 2.45) is 0 Å². The SMILES string of the molecule is C=C/C=C\C=C.CC1(C)c2cc(-c3nc(-c4ccccc4)nc(-c4ccccc4)n3)ccc2-c2ccc(-n3c4ccc(-c5ccccc5)cc4c4cc(-c5ccccc5)ccc43)cc21. The highest BCUT2D eigenvalue weighted by atomic mass is 15.0. The third kappa shape index (κ3) is 7.35. The summed E-state index contributed by atoms with van der Waals surface area (Å²) in [6.45, 7) is 11.6. The maximum Gasteiger partial charge on any atom is 0.164 e. The summed E-state index contributed by atoms with van der Waals surface area (Å²) in [5.74, 6) is 1.99. The molecule has 0 aliphatic heterocycles. The van der Waals surface area contributed by atoms with Gasteiger partial charge in [-0.1, -0.05) is 203 Å². The first-order chi connectivity index (χ1) is 31.4. The van der Waals surface area contributed by atoms with Crippen LogP contribution in [0.5, 0.6) is 0 Å². The van der Waals surface area contributed by atoms with Gasteiger partial charge in [-0.15, -0.1) is 0 Å². The second-order valence-corrected chi connectivity index (χ2v) is 16.5. The van der Waals surface area contributed by atoms with Gasteiger partial charge in [0.05, 0.1) is 11.0 Å². The van der Waals surface area contributed by atoms with E-state index >= 15 is 0 Å². The molecule has 0 amide bonds. The first-order valence-electron chi connectivity index (χ1n) is 21.7. The molecule has 4 nitrogen and oxygen atoms in total. The number of rotatable bonds is 8. The lowest BCUT2D eigenvalue weighted by Gasteiger charge is -2.23. The highest BCUT2D eigenvalue weighted by Gasteiger charge is 2.36. The molecule has 0 atom stereocenters. The number of aromatic nitrogens is 4. The molecule has 306 valence electrons. The van der Waals surface area contributed by atoms with Crippen LogP contribution in [0.25, 0.3) is 95.0 Å². The molecule has 8 aromatic carbocycles. The van der Waals surface area contributed by atoms with Crippen molar-refractivity contribution in [3.8, 4) is 73.2 Å². The molecule has 10 aromatic rings. The van der Waals surface area contributed by atoms with Crippen molar-refractivity contribution >= 4 is 21.8 Å². The van der Waals surface area contributed by atoms with Gasteiger partial charge in [-0.3, -0.25) is 0 Å². The Morgan fingerprint density at radius 1 is 0.391 bits per heavy atom. The second-order valence-electron chi connectivity index (χ2n) is 16.5. The first-order valence-corrected chi connectivity index (χ1v) is 21.7. The molecule has 0 saturated carbocycles. The molecule has 4 heteroatoms. The summed E-state index contributed by atoms with van der Waals surface area (Å²) in [7, 11) is 0. The van der Waals surface area contributed by atoms with E-state index < -0.39 is 0 Å². The fourth-order valence-corrected chi connectivity index (χ4v) is 9.02. The lowest BCUT2D eigenvalue weighted by Crippen LogP contribution is -2.15. The molecule has 2 heterocycles. The van der Waals surface area contributed by atoms with E-state index in [2.05, 4.69) is 189 Å². The third-order valence-electron chi connectivity index (χ3n) is 12.2. The van der Waals surface area contributed by atoms with Crippen molar-refractivity contribution in [1.82, 2.24) is 19.5 Å². The lowest BCUT2D eigenvalue weighted by atomic mass is 9.82. The van der Waals surface area contributed by atoms with Crippen LogP contribution < -0.4 is 0 Å². The van der Waals surface area contributed by atoms with Crippen molar-refractivity contribution in [3.63, 3.8) is 0 Å². The third-order valence-corrected chi connectivity index (χ3v) is 12.2. The monoisotopic (exact) mass is 822 g/mol. The van der Waals surface area contributed by atoms with E-state index in [0.29, 0.717) is 17.5 Å². The van der Waals surface area contributed by atoms with Crippen LogP contribution in [0.15, 0.2) is 232 Å². The molecule has 0 saturated heterocycles. The van der Waals surface area contributed by atoms with Crippen LogP contribution in [0.4, 0.5) is 0 Å². The van der Waals surface area contributed by atoms with Gasteiger partial charge in [-0.25, -0.2) is 15.0 Å². The predicted octanol–water partition coefficient (Wildman–Crippen LogP) is 15.5. The second kappa shape index (κ2) is 16.9. The van der Waals surface area contributed by atoms with E-state index in [1.807, 2.05) is 48.6 Å². The first kappa shape index (κ1) is 39.9. The summed E-state index contributed by atoms with van der Waals surface area (Å²) in [5, 5.41) is 2.48. The van der Waals surface area contributed by atoms with Crippen LogP contribution in [-0.2, 0) is 5.41 Å². The van der Waals surface area contributed by atoms with E-state index in [1.54, 1.807) is 12.2 Å². The van der Waals surface area contributed by atoms with Gasteiger partial charge in [0, 0.05) is 38.6 Å². The maximum atomic E-state index is 5.05. The molecule has 2 aromatic heterocycles. The van der Waals surface area contributed by atoms with Gasteiger partial charge in [0.25, 0.3) is 0 Å². The Kier molecular flexibility index (Phi) is 10.5. The zero-order valence-electron chi connectivity index (χ0n) is 36.0. The van der Waals surface area contributed by atoms with Gasteiger partial charge >= 0.3 is 0 Å². The van der Waals surface area contributed by atoms with Crippen molar-refractivity contribution < 1.29 is 0 Å². The van der Waals surface area contributed by atoms with Crippen LogP contribution >= 0.6 is 0 Å². The molecular formula is C60H46N4. The topological polar surface area (TPSA) is 43.6 Å². The molecule has 0 radical (unpaired) electrons. The summed E-state index contributed by atoms with van der Waals surface area (Å²) >= 11 is 0. The van der Waals surface area contributed by atoms with E-state index in [9.17, 15) is 0 Å². The quantitative estimate of drug-likeness (QED) is 0.143. The number of allylic oxidation sites excluding steroid dienone is 4. The molecule has 0 spiro atoms. The van der Waals surface area contributed by atoms with Crippen molar-refractivity contribution in [2.45, 2.75) is 19.3 Å². The number of benzene rings is 8. The normalized spacial score (nSPS) is 12.4. The largest absolute Gasteiger partial charge is 0.309 e. The van der Waals surface area contributed by atoms with E-state index in [-0.39, 0.29) is 5.41 Å². The Bertz CT molecular complexity index is 3200. The Hall–Kier alpha value is -8.21. The van der Waals surface area contributed by atoms with Gasteiger partial charge in [-0.2, -0.15) is 0 Å². The van der Waals surface area contributed by atoms with Crippen LogP contribution in [-0.4, -0.2) is 19.5 Å². The minimum atomic E-state index is -0.270. The number of hydrogen-bond donors (Lipinski definition) is 0. The molecule has 11 rings (SSSR count). The van der Waals surface area contributed by atoms with Gasteiger partial charge in [0.2, 0.25) is 0 Å². The minimum absolute atomic E-state index is 0.270. The zero-order valence-corrected chi connectivity index (χ0v) is 36.0. The lowest BCUT2D eigenvalue weighted by molar-refractivity contribution is 0.660. The summed E-state index contributed by atoms with van der Waals surface area (Å²) in [5.41, 5.74) is 16.1. The number of fused-ring (bicyclic) bond motifs is 6. The van der Waals surface area contributed by atoms with Crippen LogP contribution in [0, 0.1) is 0 Å². The molecular weight excluding hydrogens is 777 g/mol. The maximum absolute atomic E-state index is 5.05. The van der Waals surface area contributed by atoms with Crippen LogP contribution in [0.2, 0.25) is 0 Å². The smallest absolute Gasteiger partial charge is 0.164 e. The van der Waals surface area contributed by atoms with Gasteiger partial charge in [0.1, 0.15) is 0 Å². The fraction of sp³-hybridized carbons (Fsp3) is 0.0500. The van der Waals surface area contributed by atoms with Crippen LogP contribution in [0.1, 0.15) is 25.0 Å². The Balaban J connectivity index is 0.000000758. The van der Waals surface area contributed by atoms with Crippen LogP contribution in [0.3, 0.4) is 0 Å². The zero-order chi connectivity index (χ0) is 43.6. The number of nitrogens with zero attached hydrogens (tertiary/aromatic N) is 4. The van der Waals surface area contributed by atoms with Crippen molar-refractivity contribution in [2.75, 3.05) is 0 Å². The summed E-state index contributed by atoms with van der Waals surface area (Å²) in [6, 6.07) is 69.2. The molecule has 1 aliphatic rings. The van der Waals surface area contributed by atoms with Gasteiger partial charge < -0.3 is 4.57 Å². The molecule has 0 N–H and O–H groups in total. The minimum Gasteiger partial charge on any atom is -0.309 e. The Morgan fingerprint density at radius 2 is 0.781 bits per heavy atom. The van der Waals surface area contributed by atoms with Crippen molar-refractivity contribution in [3.05, 3.63) is 243 Å². The fourth-order valence-electron chi connectivity index (χ4n) is 9.02. The molecule has 0 bridgehead atoms. The highest BCUT2D eigenvalue weighted by molar-refractivity contribution is 6.11. The molecule has 0 unspecified atom stereocenters. The Labute approximate surface area is 374 Å². The average molecular weight is 823 g/mol. The summed E-state index contributed by atoms with van der Waals surface area (Å²) in [4.78, 5) is 15.0. The van der Waals surface area contributed by atoms with E-state index in [4.69, 9.17) is 15.0 Å². The molecule has 1 aliphatic carbocycles. The highest BCUT2D eigenvalue weighted by Crippen LogP contribution is 2.51. The van der Waals surface area contributed by atoms with E-state index in [1.165, 1.54) is 66.3 Å². The summed E-state index contributed by atoms with van der Waals surface area (Å²) in [6.07, 6.45) is 7.07. The average Bonchev–Trinajstić information content (AvgIpc) is 3.80. The van der Waals surface area contributed by atoms with Gasteiger partial charge in [-0.05, 0) is 87.0 Å². The standard InChI is InChI=1S/C54H38N4.C6H8/c1-54(2)47-33-41(53-56-51(37-19-11-5-12-20-37)55-52(57-53)38-21-13-6-14-22-38)23-27-43(47)44-28-26-42(34-48(44)54)58-49-29-24-39(35-15-7-3-8-16-35)31-45(49)46-32-40(25-30-50(46)58)36-17-9-4-10-18-36;1-3-5-6-4-2/h3-34H,1-2H3;3-6H,1-2H2/b;6-5-. The van der Waals surface area contributed by atoms with Crippen molar-refractivity contribution in [1.29, 1.82) is 0 Å². The molecule has 64 heavy (non-hydrogen) atoms.